The molecule has 5 nitrogen and oxygen atoms in total. The van der Waals surface area contributed by atoms with Gasteiger partial charge in [0, 0.05) is 25.6 Å². The average molecular weight is 423 g/mol. The largest absolute Gasteiger partial charge is 0.481 e. The molecule has 1 heterocycles. The highest BCUT2D eigenvalue weighted by Gasteiger charge is 2.30. The molecule has 2 amide bonds. The standard InChI is InChI=1S/C26H34N2O3/c1-18(2)24-11-10-23(16-19(24)3)31-20(4)26(30)28-14-12-22(13-15-28)25(29)27-17-21-8-6-5-7-9-21/h5-11,16,18,20,22H,12-15,17H2,1-4H3,(H,27,29)/t20-/m1/s1. The third kappa shape index (κ3) is 6.09. The Morgan fingerprint density at radius 2 is 1.74 bits per heavy atom. The molecule has 166 valence electrons. The molecule has 5 heteroatoms. The van der Waals surface area contributed by atoms with Crippen molar-refractivity contribution in [2.45, 2.75) is 59.1 Å². The van der Waals surface area contributed by atoms with Gasteiger partial charge in [-0.15, -0.1) is 0 Å². The molecule has 0 bridgehead atoms. The number of piperidine rings is 1. The molecule has 0 radical (unpaired) electrons. The zero-order valence-corrected chi connectivity index (χ0v) is 19.1. The lowest BCUT2D eigenvalue weighted by Gasteiger charge is -2.33. The maximum absolute atomic E-state index is 12.9. The summed E-state index contributed by atoms with van der Waals surface area (Å²) in [5.74, 6) is 1.18. The van der Waals surface area contributed by atoms with Gasteiger partial charge in [0.05, 0.1) is 0 Å². The second kappa shape index (κ2) is 10.5. The number of carbonyl (C=O) groups is 2. The van der Waals surface area contributed by atoms with Gasteiger partial charge in [-0.25, -0.2) is 0 Å². The minimum atomic E-state index is -0.548. The highest BCUT2D eigenvalue weighted by Crippen LogP contribution is 2.25. The van der Waals surface area contributed by atoms with Gasteiger partial charge in [-0.05, 0) is 61.4 Å². The number of aryl methyl sites for hydroxylation is 1. The Hall–Kier alpha value is -2.82. The molecule has 1 atom stereocenters. The first-order chi connectivity index (χ1) is 14.8. The third-order valence-electron chi connectivity index (χ3n) is 6.01. The number of benzene rings is 2. The predicted octanol–water partition coefficient (Wildman–Crippen LogP) is 4.44. The quantitative estimate of drug-likeness (QED) is 0.718. The molecule has 0 aliphatic carbocycles. The molecule has 2 aromatic carbocycles. The number of rotatable bonds is 7. The number of likely N-dealkylation sites (tertiary alicyclic amines) is 1. The van der Waals surface area contributed by atoms with Gasteiger partial charge < -0.3 is 15.0 Å². The van der Waals surface area contributed by atoms with Crippen LogP contribution in [0.25, 0.3) is 0 Å². The van der Waals surface area contributed by atoms with Crippen LogP contribution >= 0.6 is 0 Å². The molecular weight excluding hydrogens is 388 g/mol. The molecular formula is C26H34N2O3. The number of nitrogens with zero attached hydrogens (tertiary/aromatic N) is 1. The second-order valence-corrected chi connectivity index (χ2v) is 8.74. The monoisotopic (exact) mass is 422 g/mol. The molecule has 1 fully saturated rings. The summed E-state index contributed by atoms with van der Waals surface area (Å²) >= 11 is 0. The fourth-order valence-electron chi connectivity index (χ4n) is 4.17. The topological polar surface area (TPSA) is 58.6 Å². The molecule has 0 spiro atoms. The van der Waals surface area contributed by atoms with Crippen molar-refractivity contribution in [2.24, 2.45) is 5.92 Å². The van der Waals surface area contributed by atoms with Gasteiger partial charge in [0.1, 0.15) is 5.75 Å². The van der Waals surface area contributed by atoms with Crippen LogP contribution in [-0.4, -0.2) is 35.9 Å². The lowest BCUT2D eigenvalue weighted by molar-refractivity contribution is -0.141. The first-order valence-electron chi connectivity index (χ1n) is 11.2. The number of hydrogen-bond acceptors (Lipinski definition) is 3. The average Bonchev–Trinajstić information content (AvgIpc) is 2.77. The summed E-state index contributed by atoms with van der Waals surface area (Å²) in [6.07, 6.45) is 0.815. The highest BCUT2D eigenvalue weighted by molar-refractivity contribution is 5.82. The summed E-state index contributed by atoms with van der Waals surface area (Å²) in [5, 5.41) is 3.02. The molecule has 1 saturated heterocycles. The summed E-state index contributed by atoms with van der Waals surface area (Å²) in [6.45, 7) is 9.91. The predicted molar refractivity (Wildman–Crippen MR) is 123 cm³/mol. The van der Waals surface area contributed by atoms with Crippen LogP contribution in [0.2, 0.25) is 0 Å². The molecule has 0 saturated carbocycles. The van der Waals surface area contributed by atoms with Gasteiger partial charge in [0.2, 0.25) is 5.91 Å². The van der Waals surface area contributed by atoms with Crippen molar-refractivity contribution < 1.29 is 14.3 Å². The van der Waals surface area contributed by atoms with Crippen LogP contribution in [-0.2, 0) is 16.1 Å². The van der Waals surface area contributed by atoms with Crippen molar-refractivity contribution in [3.63, 3.8) is 0 Å². The van der Waals surface area contributed by atoms with E-state index >= 15 is 0 Å². The fourth-order valence-corrected chi connectivity index (χ4v) is 4.17. The van der Waals surface area contributed by atoms with Crippen LogP contribution in [0.5, 0.6) is 5.75 Å². The third-order valence-corrected chi connectivity index (χ3v) is 6.01. The summed E-state index contributed by atoms with van der Waals surface area (Å²) < 4.78 is 5.94. The van der Waals surface area contributed by atoms with Crippen LogP contribution < -0.4 is 10.1 Å². The summed E-state index contributed by atoms with van der Waals surface area (Å²) in [7, 11) is 0. The zero-order valence-electron chi connectivity index (χ0n) is 19.1. The first kappa shape index (κ1) is 22.9. The minimum Gasteiger partial charge on any atom is -0.481 e. The SMILES string of the molecule is Cc1cc(O[C@H](C)C(=O)N2CCC(C(=O)NCc3ccccc3)CC2)ccc1C(C)C. The zero-order chi connectivity index (χ0) is 22.4. The van der Waals surface area contributed by atoms with E-state index in [0.29, 0.717) is 38.4 Å². The number of ether oxygens (including phenoxy) is 1. The Balaban J connectivity index is 1.47. The van der Waals surface area contributed by atoms with E-state index in [1.807, 2.05) is 47.4 Å². The van der Waals surface area contributed by atoms with Crippen molar-refractivity contribution in [3.05, 3.63) is 65.2 Å². The molecule has 2 aromatic rings. The number of amides is 2. The Kier molecular flexibility index (Phi) is 7.72. The molecule has 3 rings (SSSR count). The number of hydrogen-bond donors (Lipinski definition) is 1. The smallest absolute Gasteiger partial charge is 0.263 e. The number of nitrogens with one attached hydrogen (secondary N) is 1. The van der Waals surface area contributed by atoms with E-state index in [1.54, 1.807) is 6.92 Å². The van der Waals surface area contributed by atoms with Gasteiger partial charge in [-0.1, -0.05) is 50.2 Å². The van der Waals surface area contributed by atoms with E-state index in [9.17, 15) is 9.59 Å². The van der Waals surface area contributed by atoms with Crippen molar-refractivity contribution >= 4 is 11.8 Å². The summed E-state index contributed by atoms with van der Waals surface area (Å²) in [6, 6.07) is 15.9. The molecule has 31 heavy (non-hydrogen) atoms. The lowest BCUT2D eigenvalue weighted by atomic mass is 9.95. The van der Waals surface area contributed by atoms with Crippen molar-refractivity contribution in [2.75, 3.05) is 13.1 Å². The van der Waals surface area contributed by atoms with E-state index in [-0.39, 0.29) is 17.7 Å². The van der Waals surface area contributed by atoms with E-state index in [4.69, 9.17) is 4.74 Å². The minimum absolute atomic E-state index is 0.0197. The fraction of sp³-hybridized carbons (Fsp3) is 0.462. The van der Waals surface area contributed by atoms with Crippen molar-refractivity contribution in [1.29, 1.82) is 0 Å². The molecule has 0 aromatic heterocycles. The van der Waals surface area contributed by atoms with E-state index < -0.39 is 6.10 Å². The van der Waals surface area contributed by atoms with Crippen LogP contribution in [0.1, 0.15) is 56.2 Å². The molecule has 1 N–H and O–H groups in total. The first-order valence-corrected chi connectivity index (χ1v) is 11.2. The maximum Gasteiger partial charge on any atom is 0.263 e. The van der Waals surface area contributed by atoms with Gasteiger partial charge in [0.15, 0.2) is 6.10 Å². The van der Waals surface area contributed by atoms with Crippen molar-refractivity contribution in [1.82, 2.24) is 10.2 Å². The van der Waals surface area contributed by atoms with Crippen LogP contribution in [0, 0.1) is 12.8 Å². The Labute approximate surface area is 185 Å². The van der Waals surface area contributed by atoms with Crippen LogP contribution in [0.4, 0.5) is 0 Å². The van der Waals surface area contributed by atoms with Gasteiger partial charge in [0.25, 0.3) is 5.91 Å². The summed E-state index contributed by atoms with van der Waals surface area (Å²) in [4.78, 5) is 27.2. The molecule has 1 aliphatic rings. The van der Waals surface area contributed by atoms with Gasteiger partial charge in [-0.3, -0.25) is 9.59 Å². The summed E-state index contributed by atoms with van der Waals surface area (Å²) in [5.41, 5.74) is 3.56. The molecule has 1 aliphatic heterocycles. The van der Waals surface area contributed by atoms with Crippen LogP contribution in [0.3, 0.4) is 0 Å². The van der Waals surface area contributed by atoms with Gasteiger partial charge >= 0.3 is 0 Å². The van der Waals surface area contributed by atoms with E-state index in [1.165, 1.54) is 11.1 Å². The Bertz CT molecular complexity index is 887. The van der Waals surface area contributed by atoms with E-state index in [2.05, 4.69) is 32.2 Å². The number of carbonyl (C=O) groups excluding carboxylic acids is 2. The second-order valence-electron chi connectivity index (χ2n) is 8.74. The van der Waals surface area contributed by atoms with E-state index in [0.717, 1.165) is 11.3 Å². The highest BCUT2D eigenvalue weighted by atomic mass is 16.5. The normalized spacial score (nSPS) is 15.6. The maximum atomic E-state index is 12.9. The van der Waals surface area contributed by atoms with Crippen molar-refractivity contribution in [3.8, 4) is 5.75 Å². The van der Waals surface area contributed by atoms with Gasteiger partial charge in [-0.2, -0.15) is 0 Å². The van der Waals surface area contributed by atoms with Crippen LogP contribution in [0.15, 0.2) is 48.5 Å². The Morgan fingerprint density at radius 3 is 2.35 bits per heavy atom. The Morgan fingerprint density at radius 1 is 1.06 bits per heavy atom. The lowest BCUT2D eigenvalue weighted by Crippen LogP contribution is -2.47. The molecule has 0 unspecified atom stereocenters.